The van der Waals surface area contributed by atoms with Gasteiger partial charge in [-0.25, -0.2) is 4.98 Å². The molecule has 0 aromatic carbocycles. The van der Waals surface area contributed by atoms with Crippen LogP contribution in [0.25, 0.3) is 0 Å². The number of nitriles is 1. The smallest absolute Gasteiger partial charge is 0.214 e. The van der Waals surface area contributed by atoms with Gasteiger partial charge in [0.1, 0.15) is 10.4 Å². The zero-order valence-electron chi connectivity index (χ0n) is 5.94. The first-order valence-corrected chi connectivity index (χ1v) is 3.75. The average Bonchev–Trinajstić information content (AvgIpc) is 2.06. The van der Waals surface area contributed by atoms with Gasteiger partial charge in [-0.3, -0.25) is 0 Å². The third-order valence-electron chi connectivity index (χ3n) is 1.06. The molecule has 0 unspecified atom stereocenters. The first kappa shape index (κ1) is 7.89. The Balaban J connectivity index is 2.84. The molecule has 1 heterocycles. The first-order valence-electron chi connectivity index (χ1n) is 2.94. The number of hydrogen-bond acceptors (Lipinski definition) is 4. The fourth-order valence-electron chi connectivity index (χ4n) is 0.613. The number of thioether (sulfide) groups is 1. The van der Waals surface area contributed by atoms with E-state index in [9.17, 15) is 0 Å². The van der Waals surface area contributed by atoms with Crippen molar-refractivity contribution in [2.45, 2.75) is 5.03 Å². The standard InChI is InChI=1S/C7H6N2OS/c1-10-6-3-2-4-7(9-6)11-5-8/h2-4H,1H3. The van der Waals surface area contributed by atoms with Gasteiger partial charge in [-0.05, 0) is 6.07 Å². The van der Waals surface area contributed by atoms with Gasteiger partial charge in [0.15, 0.2) is 0 Å². The van der Waals surface area contributed by atoms with Crippen LogP contribution in [-0.2, 0) is 0 Å². The van der Waals surface area contributed by atoms with Crippen molar-refractivity contribution in [3.63, 3.8) is 0 Å². The van der Waals surface area contributed by atoms with Crippen LogP contribution in [0.4, 0.5) is 0 Å². The van der Waals surface area contributed by atoms with Crippen molar-refractivity contribution in [2.24, 2.45) is 0 Å². The quantitative estimate of drug-likeness (QED) is 0.495. The van der Waals surface area contributed by atoms with Gasteiger partial charge in [-0.15, -0.1) is 0 Å². The molecular weight excluding hydrogens is 160 g/mol. The lowest BCUT2D eigenvalue weighted by molar-refractivity contribution is 0.394. The van der Waals surface area contributed by atoms with Crippen LogP contribution in [0.3, 0.4) is 0 Å². The molecule has 3 nitrogen and oxygen atoms in total. The summed E-state index contributed by atoms with van der Waals surface area (Å²) in [6, 6.07) is 5.29. The monoisotopic (exact) mass is 166 g/mol. The molecule has 0 saturated carbocycles. The Kier molecular flexibility index (Phi) is 2.75. The van der Waals surface area contributed by atoms with Crippen LogP contribution in [0.5, 0.6) is 5.88 Å². The summed E-state index contributed by atoms with van der Waals surface area (Å²) in [4.78, 5) is 4.00. The summed E-state index contributed by atoms with van der Waals surface area (Å²) in [7, 11) is 1.54. The van der Waals surface area contributed by atoms with E-state index in [-0.39, 0.29) is 0 Å². The summed E-state index contributed by atoms with van der Waals surface area (Å²) in [5.74, 6) is 0.533. The van der Waals surface area contributed by atoms with Crippen molar-refractivity contribution in [1.29, 1.82) is 5.26 Å². The molecule has 0 saturated heterocycles. The van der Waals surface area contributed by atoms with Crippen molar-refractivity contribution in [3.05, 3.63) is 18.2 Å². The number of methoxy groups -OCH3 is 1. The predicted octanol–water partition coefficient (Wildman–Crippen LogP) is 1.66. The number of hydrogen-bond donors (Lipinski definition) is 0. The van der Waals surface area contributed by atoms with Gasteiger partial charge < -0.3 is 4.74 Å². The summed E-state index contributed by atoms with van der Waals surface area (Å²) in [6.07, 6.45) is 0. The van der Waals surface area contributed by atoms with Crippen LogP contribution in [0.1, 0.15) is 0 Å². The van der Waals surface area contributed by atoms with E-state index >= 15 is 0 Å². The van der Waals surface area contributed by atoms with Crippen molar-refractivity contribution < 1.29 is 4.74 Å². The highest BCUT2D eigenvalue weighted by molar-refractivity contribution is 8.03. The summed E-state index contributed by atoms with van der Waals surface area (Å²) in [6.45, 7) is 0. The van der Waals surface area contributed by atoms with Crippen molar-refractivity contribution in [3.8, 4) is 11.3 Å². The Morgan fingerprint density at radius 3 is 3.09 bits per heavy atom. The van der Waals surface area contributed by atoms with Crippen LogP contribution in [0.15, 0.2) is 23.2 Å². The van der Waals surface area contributed by atoms with Gasteiger partial charge in [0, 0.05) is 17.8 Å². The molecule has 4 heteroatoms. The Morgan fingerprint density at radius 2 is 2.45 bits per heavy atom. The zero-order chi connectivity index (χ0) is 8.10. The predicted molar refractivity (Wildman–Crippen MR) is 42.3 cm³/mol. The Morgan fingerprint density at radius 1 is 1.64 bits per heavy atom. The maximum Gasteiger partial charge on any atom is 0.214 e. The highest BCUT2D eigenvalue weighted by Gasteiger charge is 1.95. The number of nitrogens with zero attached hydrogens (tertiary/aromatic N) is 2. The lowest BCUT2D eigenvalue weighted by Gasteiger charge is -1.97. The fraction of sp³-hybridized carbons (Fsp3) is 0.143. The van der Waals surface area contributed by atoms with E-state index in [0.717, 1.165) is 11.8 Å². The molecule has 56 valence electrons. The fourth-order valence-corrected chi connectivity index (χ4v) is 0.989. The zero-order valence-corrected chi connectivity index (χ0v) is 6.76. The molecule has 11 heavy (non-hydrogen) atoms. The molecule has 0 spiro atoms. The molecule has 0 amide bonds. The van der Waals surface area contributed by atoms with E-state index in [1.54, 1.807) is 25.3 Å². The SMILES string of the molecule is COc1cccc(SC#N)n1. The van der Waals surface area contributed by atoms with Gasteiger partial charge >= 0.3 is 0 Å². The van der Waals surface area contributed by atoms with E-state index in [2.05, 4.69) is 4.98 Å². The molecule has 0 aliphatic heterocycles. The second-order valence-electron chi connectivity index (χ2n) is 1.71. The number of rotatable bonds is 2. The normalized spacial score (nSPS) is 8.73. The van der Waals surface area contributed by atoms with Gasteiger partial charge in [-0.2, -0.15) is 5.26 Å². The molecule has 0 aliphatic carbocycles. The largest absolute Gasteiger partial charge is 0.481 e. The van der Waals surface area contributed by atoms with E-state index in [1.807, 2.05) is 5.40 Å². The van der Waals surface area contributed by atoms with Gasteiger partial charge in [0.2, 0.25) is 5.88 Å². The first-order chi connectivity index (χ1) is 5.36. The van der Waals surface area contributed by atoms with Crippen LogP contribution in [-0.4, -0.2) is 12.1 Å². The van der Waals surface area contributed by atoms with E-state index in [1.165, 1.54) is 0 Å². The lowest BCUT2D eigenvalue weighted by Crippen LogP contribution is -1.86. The van der Waals surface area contributed by atoms with Crippen LogP contribution in [0.2, 0.25) is 0 Å². The molecule has 0 aliphatic rings. The van der Waals surface area contributed by atoms with Gasteiger partial charge in [0.05, 0.1) is 7.11 Å². The van der Waals surface area contributed by atoms with E-state index < -0.39 is 0 Å². The average molecular weight is 166 g/mol. The molecule has 0 bridgehead atoms. The minimum absolute atomic E-state index is 0.533. The number of thiocyanates is 1. The Labute approximate surface area is 69.0 Å². The van der Waals surface area contributed by atoms with Crippen LogP contribution >= 0.6 is 11.8 Å². The molecule has 0 radical (unpaired) electrons. The molecule has 1 aromatic rings. The van der Waals surface area contributed by atoms with Crippen molar-refractivity contribution in [2.75, 3.05) is 7.11 Å². The summed E-state index contributed by atoms with van der Waals surface area (Å²) in [5, 5.41) is 10.9. The second-order valence-corrected chi connectivity index (χ2v) is 2.52. The summed E-state index contributed by atoms with van der Waals surface area (Å²) >= 11 is 1.02. The van der Waals surface area contributed by atoms with Crippen molar-refractivity contribution >= 4 is 11.8 Å². The molecular formula is C7H6N2OS. The van der Waals surface area contributed by atoms with Gasteiger partial charge in [-0.1, -0.05) is 6.07 Å². The van der Waals surface area contributed by atoms with Crippen molar-refractivity contribution in [1.82, 2.24) is 4.98 Å². The van der Waals surface area contributed by atoms with E-state index in [4.69, 9.17) is 10.00 Å². The molecule has 0 N–H and O–H groups in total. The lowest BCUT2D eigenvalue weighted by atomic mass is 10.5. The molecule has 1 aromatic heterocycles. The van der Waals surface area contributed by atoms with Gasteiger partial charge in [0.25, 0.3) is 0 Å². The highest BCUT2D eigenvalue weighted by Crippen LogP contribution is 2.16. The number of ether oxygens (including phenoxy) is 1. The third-order valence-corrected chi connectivity index (χ3v) is 1.59. The Bertz CT molecular complexity index is 282. The Hall–Kier alpha value is -1.21. The second kappa shape index (κ2) is 3.84. The number of pyridine rings is 1. The summed E-state index contributed by atoms with van der Waals surface area (Å²) in [5.41, 5.74) is 0. The minimum atomic E-state index is 0.533. The minimum Gasteiger partial charge on any atom is -0.481 e. The maximum absolute atomic E-state index is 8.32. The highest BCUT2D eigenvalue weighted by atomic mass is 32.2. The van der Waals surface area contributed by atoms with Crippen LogP contribution < -0.4 is 4.74 Å². The molecule has 0 atom stereocenters. The topological polar surface area (TPSA) is 45.9 Å². The maximum atomic E-state index is 8.32. The molecule has 0 fully saturated rings. The summed E-state index contributed by atoms with van der Waals surface area (Å²) < 4.78 is 4.87. The van der Waals surface area contributed by atoms with Crippen LogP contribution in [0, 0.1) is 10.7 Å². The molecule has 1 rings (SSSR count). The number of aromatic nitrogens is 1. The van der Waals surface area contributed by atoms with E-state index in [0.29, 0.717) is 10.9 Å². The third kappa shape index (κ3) is 2.13.